The van der Waals surface area contributed by atoms with Gasteiger partial charge in [-0.2, -0.15) is 0 Å². The largest absolute Gasteiger partial charge is 0.311 e. The molecule has 4 atom stereocenters. The van der Waals surface area contributed by atoms with Crippen LogP contribution in [-0.4, -0.2) is 12.1 Å². The summed E-state index contributed by atoms with van der Waals surface area (Å²) in [5.41, 5.74) is 0. The minimum atomic E-state index is 0.923. The summed E-state index contributed by atoms with van der Waals surface area (Å²) in [4.78, 5) is 0. The summed E-state index contributed by atoms with van der Waals surface area (Å²) in [5.74, 6) is 2.23. The molecule has 0 spiro atoms. The predicted octanol–water partition coefficient (Wildman–Crippen LogP) is 1.54. The molecule has 1 nitrogen and oxygen atoms in total. The lowest BCUT2D eigenvalue weighted by Crippen LogP contribution is -2.53. The van der Waals surface area contributed by atoms with Crippen LogP contribution in [0.3, 0.4) is 0 Å². The molecule has 2 aliphatic carbocycles. The van der Waals surface area contributed by atoms with Crippen LogP contribution in [0.5, 0.6) is 0 Å². The summed E-state index contributed by atoms with van der Waals surface area (Å²) in [7, 11) is 0. The average molecular weight is 137 g/mol. The van der Waals surface area contributed by atoms with Gasteiger partial charge >= 0.3 is 0 Å². The summed E-state index contributed by atoms with van der Waals surface area (Å²) in [5, 5.41) is 3.74. The van der Waals surface area contributed by atoms with Crippen LogP contribution >= 0.6 is 0 Å². The van der Waals surface area contributed by atoms with Crippen molar-refractivity contribution in [3.63, 3.8) is 0 Å². The van der Waals surface area contributed by atoms with E-state index in [0.717, 1.165) is 23.9 Å². The van der Waals surface area contributed by atoms with Gasteiger partial charge in [0, 0.05) is 12.1 Å². The second-order valence-electron chi connectivity index (χ2n) is 4.28. The number of fused-ring (bicyclic) bond motifs is 4. The van der Waals surface area contributed by atoms with Crippen LogP contribution in [0, 0.1) is 11.8 Å². The smallest absolute Gasteiger partial charge is 0.0101 e. The molecular weight excluding hydrogens is 122 g/mol. The molecule has 1 heteroatoms. The third kappa shape index (κ3) is 0.572. The van der Waals surface area contributed by atoms with Gasteiger partial charge in [0.1, 0.15) is 0 Å². The van der Waals surface area contributed by atoms with Gasteiger partial charge in [0.2, 0.25) is 0 Å². The van der Waals surface area contributed by atoms with Crippen LogP contribution in [0.4, 0.5) is 0 Å². The van der Waals surface area contributed by atoms with E-state index in [0.29, 0.717) is 0 Å². The van der Waals surface area contributed by atoms with Gasteiger partial charge in [-0.05, 0) is 43.9 Å². The maximum atomic E-state index is 3.74. The molecule has 3 aliphatic rings. The minimum Gasteiger partial charge on any atom is -0.311 e. The van der Waals surface area contributed by atoms with Crippen molar-refractivity contribution in [3.8, 4) is 0 Å². The van der Waals surface area contributed by atoms with Crippen molar-refractivity contribution in [2.45, 2.75) is 44.2 Å². The van der Waals surface area contributed by atoms with Crippen LogP contribution in [0.15, 0.2) is 0 Å². The highest BCUT2D eigenvalue weighted by atomic mass is 15.0. The van der Waals surface area contributed by atoms with E-state index in [4.69, 9.17) is 0 Å². The Kier molecular flexibility index (Phi) is 0.984. The Bertz CT molecular complexity index is 155. The van der Waals surface area contributed by atoms with Crippen molar-refractivity contribution in [1.29, 1.82) is 0 Å². The molecule has 4 unspecified atom stereocenters. The third-order valence-corrected chi connectivity index (χ3v) is 3.86. The zero-order valence-corrected chi connectivity index (χ0v) is 6.34. The van der Waals surface area contributed by atoms with Gasteiger partial charge in [-0.3, -0.25) is 0 Å². The van der Waals surface area contributed by atoms with Crippen molar-refractivity contribution >= 4 is 0 Å². The Morgan fingerprint density at radius 3 is 2.80 bits per heavy atom. The molecule has 10 heavy (non-hydrogen) atoms. The molecule has 1 aliphatic heterocycles. The van der Waals surface area contributed by atoms with Crippen LogP contribution in [-0.2, 0) is 0 Å². The van der Waals surface area contributed by atoms with E-state index in [2.05, 4.69) is 5.32 Å². The van der Waals surface area contributed by atoms with Crippen LogP contribution in [0.25, 0.3) is 0 Å². The van der Waals surface area contributed by atoms with E-state index in [1.807, 2.05) is 0 Å². The Morgan fingerprint density at radius 1 is 1.00 bits per heavy atom. The van der Waals surface area contributed by atoms with Gasteiger partial charge in [0.15, 0.2) is 0 Å². The number of piperidine rings is 1. The highest BCUT2D eigenvalue weighted by molar-refractivity contribution is 5.01. The Labute approximate surface area is 62.2 Å². The Hall–Kier alpha value is -0.0400. The van der Waals surface area contributed by atoms with Crippen LogP contribution in [0.2, 0.25) is 0 Å². The van der Waals surface area contributed by atoms with Crippen LogP contribution < -0.4 is 5.32 Å². The van der Waals surface area contributed by atoms with E-state index >= 15 is 0 Å². The molecule has 1 N–H and O–H groups in total. The van der Waals surface area contributed by atoms with Crippen molar-refractivity contribution in [2.75, 3.05) is 0 Å². The van der Waals surface area contributed by atoms with Gasteiger partial charge < -0.3 is 5.32 Å². The number of hydrogen-bond donors (Lipinski definition) is 1. The first-order chi connectivity index (χ1) is 4.93. The van der Waals surface area contributed by atoms with Gasteiger partial charge in [0.05, 0.1) is 0 Å². The van der Waals surface area contributed by atoms with E-state index in [9.17, 15) is 0 Å². The zero-order chi connectivity index (χ0) is 6.55. The fourth-order valence-electron chi connectivity index (χ4n) is 3.16. The van der Waals surface area contributed by atoms with Gasteiger partial charge in [0.25, 0.3) is 0 Å². The molecule has 0 aromatic rings. The Morgan fingerprint density at radius 2 is 2.00 bits per heavy atom. The van der Waals surface area contributed by atoms with Crippen molar-refractivity contribution < 1.29 is 0 Å². The molecule has 3 rings (SSSR count). The highest BCUT2D eigenvalue weighted by Crippen LogP contribution is 2.46. The molecule has 0 aromatic heterocycles. The fourth-order valence-corrected chi connectivity index (χ4v) is 3.16. The monoisotopic (exact) mass is 137 g/mol. The van der Waals surface area contributed by atoms with Gasteiger partial charge in [-0.1, -0.05) is 0 Å². The second-order valence-corrected chi connectivity index (χ2v) is 4.28. The normalized spacial score (nSPS) is 57.6. The summed E-state index contributed by atoms with van der Waals surface area (Å²) in [6.45, 7) is 0. The number of rotatable bonds is 0. The minimum absolute atomic E-state index is 0.923. The molecule has 1 saturated heterocycles. The first-order valence-electron chi connectivity index (χ1n) is 4.69. The molecule has 2 bridgehead atoms. The first-order valence-corrected chi connectivity index (χ1v) is 4.69. The molecule has 0 amide bonds. The van der Waals surface area contributed by atoms with Crippen LogP contribution in [0.1, 0.15) is 32.1 Å². The maximum absolute atomic E-state index is 3.74. The summed E-state index contributed by atoms with van der Waals surface area (Å²) in [6, 6.07) is 1.87. The summed E-state index contributed by atoms with van der Waals surface area (Å²) >= 11 is 0. The van der Waals surface area contributed by atoms with Crippen molar-refractivity contribution in [2.24, 2.45) is 11.8 Å². The van der Waals surface area contributed by atoms with Gasteiger partial charge in [-0.25, -0.2) is 0 Å². The lowest BCUT2D eigenvalue weighted by Gasteiger charge is -2.45. The quantitative estimate of drug-likeness (QED) is 0.534. The first kappa shape index (κ1) is 5.59. The highest BCUT2D eigenvalue weighted by Gasteiger charge is 2.45. The van der Waals surface area contributed by atoms with Crippen molar-refractivity contribution in [3.05, 3.63) is 0 Å². The van der Waals surface area contributed by atoms with E-state index in [-0.39, 0.29) is 0 Å². The topological polar surface area (TPSA) is 12.0 Å². The number of hydrogen-bond acceptors (Lipinski definition) is 1. The predicted molar refractivity (Wildman–Crippen MR) is 40.8 cm³/mol. The Balaban J connectivity index is 1.85. The SMILES string of the molecule is C1CC2CC1NC1CCC21. The zero-order valence-electron chi connectivity index (χ0n) is 6.34. The summed E-state index contributed by atoms with van der Waals surface area (Å²) < 4.78 is 0. The maximum Gasteiger partial charge on any atom is 0.0101 e. The molecule has 0 aromatic carbocycles. The fraction of sp³-hybridized carbons (Fsp3) is 1.00. The molecule has 2 saturated carbocycles. The average Bonchev–Trinajstić information content (AvgIpc) is 2.25. The lowest BCUT2D eigenvalue weighted by molar-refractivity contribution is 0.100. The lowest BCUT2D eigenvalue weighted by atomic mass is 9.69. The molecule has 1 heterocycles. The summed E-state index contributed by atoms with van der Waals surface area (Å²) in [6.07, 6.45) is 7.49. The van der Waals surface area contributed by atoms with E-state index < -0.39 is 0 Å². The second kappa shape index (κ2) is 1.76. The third-order valence-electron chi connectivity index (χ3n) is 3.86. The molecule has 3 fully saturated rings. The standard InChI is InChI=1S/C9H15N/c1-2-7-5-6(1)8-3-4-9(8)10-7/h6-10H,1-5H2. The molecule has 56 valence electrons. The number of nitrogens with one attached hydrogen (secondary N) is 1. The van der Waals surface area contributed by atoms with Crippen molar-refractivity contribution in [1.82, 2.24) is 5.32 Å². The van der Waals surface area contributed by atoms with E-state index in [1.165, 1.54) is 32.1 Å². The molecule has 0 radical (unpaired) electrons. The van der Waals surface area contributed by atoms with Gasteiger partial charge in [-0.15, -0.1) is 0 Å². The molecular formula is C9H15N. The van der Waals surface area contributed by atoms with E-state index in [1.54, 1.807) is 0 Å².